The zero-order valence-corrected chi connectivity index (χ0v) is 19.6. The zero-order chi connectivity index (χ0) is 24.4. The maximum absolute atomic E-state index is 13.7. The Morgan fingerprint density at radius 2 is 1.97 bits per heavy atom. The summed E-state index contributed by atoms with van der Waals surface area (Å²) >= 11 is 0. The lowest BCUT2D eigenvalue weighted by atomic mass is 10.0. The molecular weight excluding hydrogens is 444 g/mol. The van der Waals surface area contributed by atoms with Crippen molar-refractivity contribution >= 4 is 30.7 Å². The summed E-state index contributed by atoms with van der Waals surface area (Å²) in [7, 11) is 1.93. The number of hydrogen-bond acceptors (Lipinski definition) is 5. The highest BCUT2D eigenvalue weighted by atomic mass is 19.1. The number of phenolic OH excluding ortho intramolecular Hbond substituents is 1. The van der Waals surface area contributed by atoms with Gasteiger partial charge in [0, 0.05) is 36.8 Å². The highest BCUT2D eigenvalue weighted by molar-refractivity contribution is 6.36. The van der Waals surface area contributed by atoms with Crippen LogP contribution in [0.2, 0.25) is 0 Å². The minimum atomic E-state index is -0.786. The van der Waals surface area contributed by atoms with E-state index < -0.39 is 6.80 Å². The standard InChI is InChI=1S/C26H27BFN5O2/c27-21-15-30-33-24(14-22(31-25(21)33)18-9-4-5-10-23(18)34)29-11-6-12-32(16-28)26(35)20-13-19(20)17-7-2-1-3-8-17/h1-5,7-10,14-15,19-20,29,34H,6,11-13,16,27H2/t19-,20+/m0/s1. The third kappa shape index (κ3) is 4.71. The van der Waals surface area contributed by atoms with Gasteiger partial charge in [-0.15, -0.1) is 0 Å². The van der Waals surface area contributed by atoms with Crippen molar-refractivity contribution in [2.45, 2.75) is 18.8 Å². The van der Waals surface area contributed by atoms with E-state index in [0.717, 1.165) is 17.4 Å². The number of benzene rings is 2. The molecule has 1 saturated carbocycles. The predicted molar refractivity (Wildman–Crippen MR) is 136 cm³/mol. The highest BCUT2D eigenvalue weighted by Gasteiger charge is 2.45. The fourth-order valence-electron chi connectivity index (χ4n) is 4.51. The molecule has 2 heterocycles. The molecule has 2 N–H and O–H groups in total. The quantitative estimate of drug-likeness (QED) is 0.223. The number of hydrogen-bond donors (Lipinski definition) is 2. The number of phenols is 1. The minimum Gasteiger partial charge on any atom is -0.507 e. The number of para-hydroxylation sites is 1. The van der Waals surface area contributed by atoms with Crippen LogP contribution in [0.25, 0.3) is 16.9 Å². The Kier molecular flexibility index (Phi) is 6.40. The van der Waals surface area contributed by atoms with Gasteiger partial charge in [0.15, 0.2) is 12.4 Å². The first-order valence-electron chi connectivity index (χ1n) is 11.8. The molecule has 4 aromatic rings. The summed E-state index contributed by atoms with van der Waals surface area (Å²) < 4.78 is 15.4. The Morgan fingerprint density at radius 3 is 2.74 bits per heavy atom. The third-order valence-corrected chi connectivity index (χ3v) is 6.53. The van der Waals surface area contributed by atoms with Crippen molar-refractivity contribution < 1.29 is 14.3 Å². The van der Waals surface area contributed by atoms with Gasteiger partial charge < -0.3 is 15.3 Å². The molecule has 0 radical (unpaired) electrons. The molecule has 2 atom stereocenters. The van der Waals surface area contributed by atoms with Crippen LogP contribution in [0.15, 0.2) is 66.9 Å². The smallest absolute Gasteiger partial charge is 0.228 e. The third-order valence-electron chi connectivity index (χ3n) is 6.53. The number of halogens is 1. The van der Waals surface area contributed by atoms with E-state index in [1.165, 1.54) is 4.90 Å². The van der Waals surface area contributed by atoms with E-state index >= 15 is 0 Å². The topological polar surface area (TPSA) is 82.8 Å². The number of rotatable bonds is 9. The fourth-order valence-corrected chi connectivity index (χ4v) is 4.51. The van der Waals surface area contributed by atoms with Crippen LogP contribution in [0.5, 0.6) is 5.75 Å². The van der Waals surface area contributed by atoms with Crippen LogP contribution < -0.4 is 10.8 Å². The lowest BCUT2D eigenvalue weighted by Crippen LogP contribution is -2.33. The molecule has 1 amide bonds. The van der Waals surface area contributed by atoms with Gasteiger partial charge in [0.2, 0.25) is 5.91 Å². The molecule has 0 unspecified atom stereocenters. The lowest BCUT2D eigenvalue weighted by molar-refractivity contribution is -0.134. The van der Waals surface area contributed by atoms with Crippen LogP contribution in [0.3, 0.4) is 0 Å². The first kappa shape index (κ1) is 22.9. The lowest BCUT2D eigenvalue weighted by Gasteiger charge is -2.19. The van der Waals surface area contributed by atoms with Gasteiger partial charge in [-0.05, 0) is 41.9 Å². The summed E-state index contributed by atoms with van der Waals surface area (Å²) in [6.45, 7) is 0.0694. The van der Waals surface area contributed by atoms with Crippen LogP contribution in [-0.2, 0) is 4.79 Å². The molecule has 1 aliphatic carbocycles. The van der Waals surface area contributed by atoms with Gasteiger partial charge in [0.05, 0.1) is 5.69 Å². The average molecular weight is 471 g/mol. The van der Waals surface area contributed by atoms with E-state index in [-0.39, 0.29) is 23.5 Å². The highest BCUT2D eigenvalue weighted by Crippen LogP contribution is 2.48. The van der Waals surface area contributed by atoms with E-state index in [1.807, 2.05) is 56.4 Å². The number of aromatic hydroxyl groups is 1. The Bertz CT molecular complexity index is 1350. The Balaban J connectivity index is 1.23. The molecular formula is C26H27BFN5O2. The Labute approximate surface area is 204 Å². The molecule has 5 rings (SSSR count). The number of carbonyl (C=O) groups excluding carboxylic acids is 1. The Hall–Kier alpha value is -3.88. The number of amides is 1. The summed E-state index contributed by atoms with van der Waals surface area (Å²) in [5.74, 6) is 0.812. The van der Waals surface area contributed by atoms with Gasteiger partial charge in [-0.3, -0.25) is 4.79 Å². The van der Waals surface area contributed by atoms with Crippen LogP contribution in [0.4, 0.5) is 10.2 Å². The summed E-state index contributed by atoms with van der Waals surface area (Å²) in [4.78, 5) is 18.8. The molecule has 0 spiro atoms. The largest absolute Gasteiger partial charge is 0.507 e. The van der Waals surface area contributed by atoms with Crippen molar-refractivity contribution in [2.75, 3.05) is 25.2 Å². The SMILES string of the molecule is Bc1cnn2c(NCCCN(CF)C(=O)[C@@H]3C[C@H]3c3ccccc3)cc(-c3ccccc3O)nc12. The Morgan fingerprint density at radius 1 is 1.20 bits per heavy atom. The van der Waals surface area contributed by atoms with Crippen LogP contribution in [0.1, 0.15) is 24.3 Å². The number of alkyl halides is 1. The summed E-state index contributed by atoms with van der Waals surface area (Å²) in [6, 6.07) is 18.8. The van der Waals surface area contributed by atoms with Crippen molar-refractivity contribution in [3.8, 4) is 17.0 Å². The van der Waals surface area contributed by atoms with Crippen LogP contribution in [-0.4, -0.2) is 58.2 Å². The van der Waals surface area contributed by atoms with Crippen molar-refractivity contribution in [1.29, 1.82) is 0 Å². The monoisotopic (exact) mass is 471 g/mol. The molecule has 178 valence electrons. The molecule has 2 aromatic carbocycles. The van der Waals surface area contributed by atoms with E-state index in [4.69, 9.17) is 0 Å². The maximum atomic E-state index is 13.7. The average Bonchev–Trinajstić information content (AvgIpc) is 3.60. The van der Waals surface area contributed by atoms with Crippen LogP contribution in [0, 0.1) is 5.92 Å². The molecule has 9 heteroatoms. The van der Waals surface area contributed by atoms with Crippen molar-refractivity contribution in [2.24, 2.45) is 5.92 Å². The van der Waals surface area contributed by atoms with Gasteiger partial charge >= 0.3 is 0 Å². The number of nitrogens with zero attached hydrogens (tertiary/aromatic N) is 4. The summed E-state index contributed by atoms with van der Waals surface area (Å²) in [5, 5.41) is 18.0. The van der Waals surface area contributed by atoms with Gasteiger partial charge in [0.25, 0.3) is 0 Å². The van der Waals surface area contributed by atoms with Gasteiger partial charge in [0.1, 0.15) is 19.4 Å². The van der Waals surface area contributed by atoms with Gasteiger partial charge in [-0.1, -0.05) is 42.5 Å². The molecule has 1 aliphatic rings. The number of anilines is 1. The number of nitrogens with one attached hydrogen (secondary N) is 1. The molecule has 35 heavy (non-hydrogen) atoms. The van der Waals surface area contributed by atoms with E-state index in [1.54, 1.807) is 22.8 Å². The summed E-state index contributed by atoms with van der Waals surface area (Å²) in [5.41, 5.74) is 4.00. The number of fused-ring (bicyclic) bond motifs is 1. The van der Waals surface area contributed by atoms with E-state index in [0.29, 0.717) is 42.2 Å². The molecule has 0 aliphatic heterocycles. The van der Waals surface area contributed by atoms with Crippen molar-refractivity contribution in [3.05, 3.63) is 72.4 Å². The van der Waals surface area contributed by atoms with Crippen LogP contribution >= 0.6 is 0 Å². The summed E-state index contributed by atoms with van der Waals surface area (Å²) in [6.07, 6.45) is 3.10. The minimum absolute atomic E-state index is 0.114. The van der Waals surface area contributed by atoms with E-state index in [9.17, 15) is 14.3 Å². The van der Waals surface area contributed by atoms with E-state index in [2.05, 4.69) is 15.4 Å². The van der Waals surface area contributed by atoms with Crippen molar-refractivity contribution in [1.82, 2.24) is 19.5 Å². The first-order valence-corrected chi connectivity index (χ1v) is 11.8. The maximum Gasteiger partial charge on any atom is 0.228 e. The fraction of sp³-hybridized carbons (Fsp3) is 0.269. The second-order valence-electron chi connectivity index (χ2n) is 8.97. The van der Waals surface area contributed by atoms with Crippen molar-refractivity contribution in [3.63, 3.8) is 0 Å². The second-order valence-corrected chi connectivity index (χ2v) is 8.97. The molecule has 2 aromatic heterocycles. The van der Waals surface area contributed by atoms with Gasteiger partial charge in [-0.2, -0.15) is 9.61 Å². The normalized spacial score (nSPS) is 16.8. The molecule has 0 saturated heterocycles. The number of carbonyl (C=O) groups is 1. The predicted octanol–water partition coefficient (Wildman–Crippen LogP) is 2.72. The first-order chi connectivity index (χ1) is 17.1. The molecule has 0 bridgehead atoms. The molecule has 7 nitrogen and oxygen atoms in total. The second kappa shape index (κ2) is 9.78. The zero-order valence-electron chi connectivity index (χ0n) is 19.6. The van der Waals surface area contributed by atoms with Gasteiger partial charge in [-0.25, -0.2) is 9.37 Å². The molecule has 1 fully saturated rings. The number of aromatic nitrogens is 3.